The molecule has 0 saturated carbocycles. The zero-order valence-corrected chi connectivity index (χ0v) is 15.1. The Morgan fingerprint density at radius 1 is 1.04 bits per heavy atom. The van der Waals surface area contributed by atoms with E-state index in [4.69, 9.17) is 34.8 Å². The number of anilines is 2. The molecule has 0 spiro atoms. The molecule has 0 aliphatic heterocycles. The molecule has 0 atom stereocenters. The van der Waals surface area contributed by atoms with Gasteiger partial charge in [0.25, 0.3) is 0 Å². The molecular weight excluding hydrogens is 382 g/mol. The van der Waals surface area contributed by atoms with Crippen molar-refractivity contribution >= 4 is 34.0 Å². The molecule has 1 aromatic heterocycles. The Kier molecular flexibility index (Phi) is 3.89. The fraction of sp³-hybridized carbons (Fsp3) is 0.300. The summed E-state index contributed by atoms with van der Waals surface area (Å²) in [7, 11) is -6.08. The molecule has 3 aromatic rings. The van der Waals surface area contributed by atoms with Crippen molar-refractivity contribution in [3.05, 3.63) is 47.7 Å². The minimum atomic E-state index is -3.04. The molecule has 0 unspecified atom stereocenters. The number of methoxy groups -OCH3 is 2. The van der Waals surface area contributed by atoms with Gasteiger partial charge in [-0.2, -0.15) is 0 Å². The zero-order valence-electron chi connectivity index (χ0n) is 24.4. The molecular formula is C20H22ClN3O4. The molecule has 0 amide bonds. The van der Waals surface area contributed by atoms with Crippen LogP contribution < -0.4 is 14.8 Å². The number of benzene rings is 2. The predicted molar refractivity (Wildman–Crippen MR) is 109 cm³/mol. The van der Waals surface area contributed by atoms with Crippen molar-refractivity contribution in [1.82, 2.24) is 9.97 Å². The number of aromatic nitrogens is 2. The van der Waals surface area contributed by atoms with Crippen LogP contribution in [0.2, 0.25) is 5.02 Å². The molecule has 148 valence electrons. The summed E-state index contributed by atoms with van der Waals surface area (Å²) in [4.78, 5) is 8.37. The van der Waals surface area contributed by atoms with Crippen LogP contribution in [0.25, 0.3) is 10.9 Å². The quantitative estimate of drug-likeness (QED) is 0.536. The smallest absolute Gasteiger partial charge is 0.163 e. The molecule has 0 radical (unpaired) electrons. The Hall–Kier alpha value is -2.61. The molecule has 3 rings (SSSR count). The van der Waals surface area contributed by atoms with Gasteiger partial charge in [-0.05, 0) is 24.3 Å². The molecule has 0 aliphatic carbocycles. The van der Waals surface area contributed by atoms with Crippen molar-refractivity contribution < 1.29 is 32.7 Å². The van der Waals surface area contributed by atoms with Crippen molar-refractivity contribution in [3.63, 3.8) is 0 Å². The van der Waals surface area contributed by atoms with E-state index in [-0.39, 0.29) is 11.5 Å². The minimum absolute atomic E-state index is 0.160. The van der Waals surface area contributed by atoms with E-state index >= 15 is 0 Å². The third kappa shape index (κ3) is 5.22. The Balaban J connectivity index is 1.97. The van der Waals surface area contributed by atoms with Crippen molar-refractivity contribution in [2.24, 2.45) is 0 Å². The number of ether oxygens (including phenoxy) is 4. The summed E-state index contributed by atoms with van der Waals surface area (Å²) in [5, 5.41) is 3.91. The van der Waals surface area contributed by atoms with Gasteiger partial charge in [0.05, 0.1) is 32.3 Å². The molecule has 7 nitrogen and oxygen atoms in total. The summed E-state index contributed by atoms with van der Waals surface area (Å²) < 4.78 is 93.7. The van der Waals surface area contributed by atoms with Crippen molar-refractivity contribution in [2.75, 3.05) is 45.7 Å². The van der Waals surface area contributed by atoms with Crippen LogP contribution in [0.15, 0.2) is 42.7 Å². The first-order chi connectivity index (χ1) is 17.4. The molecule has 1 heterocycles. The van der Waals surface area contributed by atoms with Crippen molar-refractivity contribution in [2.45, 2.75) is 0 Å². The monoisotopic (exact) mass is 413 g/mol. The molecule has 8 heteroatoms. The van der Waals surface area contributed by atoms with Crippen molar-refractivity contribution in [3.8, 4) is 11.5 Å². The third-order valence-electron chi connectivity index (χ3n) is 3.51. The van der Waals surface area contributed by atoms with Gasteiger partial charge in [-0.25, -0.2) is 9.97 Å². The molecule has 2 aromatic carbocycles. The van der Waals surface area contributed by atoms with Crippen LogP contribution in [-0.4, -0.2) is 50.4 Å². The maximum Gasteiger partial charge on any atom is 0.163 e. The SMILES string of the molecule is [2H]C([2H])([2H])OC([2H])([2H])COc1cc2ncnc(Nc3cccc(Cl)c3)c2cc1OCC([2H])([2H])OC([2H])([2H])[2H]. The Labute approximate surface area is 182 Å². The Bertz CT molecular complexity index is 1270. The summed E-state index contributed by atoms with van der Waals surface area (Å²) >= 11 is 6.04. The highest BCUT2D eigenvalue weighted by Gasteiger charge is 2.13. The van der Waals surface area contributed by atoms with Crippen LogP contribution in [0, 0.1) is 0 Å². The van der Waals surface area contributed by atoms with Gasteiger partial charge < -0.3 is 24.3 Å². The van der Waals surface area contributed by atoms with E-state index in [9.17, 15) is 0 Å². The predicted octanol–water partition coefficient (Wildman–Crippen LogP) is 4.08. The highest BCUT2D eigenvalue weighted by molar-refractivity contribution is 6.30. The first-order valence-electron chi connectivity index (χ1n) is 12.9. The van der Waals surface area contributed by atoms with Gasteiger partial charge in [-0.15, -0.1) is 0 Å². The fourth-order valence-corrected chi connectivity index (χ4v) is 2.56. The van der Waals surface area contributed by atoms with E-state index in [1.54, 1.807) is 24.3 Å². The minimum Gasteiger partial charge on any atom is -0.487 e. The van der Waals surface area contributed by atoms with Crippen LogP contribution >= 0.6 is 11.6 Å². The first kappa shape index (κ1) is 10.8. The van der Waals surface area contributed by atoms with Crippen LogP contribution in [0.3, 0.4) is 0 Å². The van der Waals surface area contributed by atoms with Gasteiger partial charge in [0.2, 0.25) is 0 Å². The van der Waals surface area contributed by atoms with E-state index in [0.29, 0.717) is 27.4 Å². The molecule has 28 heavy (non-hydrogen) atoms. The second-order valence-corrected chi connectivity index (χ2v) is 5.68. The van der Waals surface area contributed by atoms with Gasteiger partial charge >= 0.3 is 0 Å². The first-order valence-corrected chi connectivity index (χ1v) is 8.27. The lowest BCUT2D eigenvalue weighted by atomic mass is 10.2. The highest BCUT2D eigenvalue weighted by Crippen LogP contribution is 2.35. The van der Waals surface area contributed by atoms with Gasteiger partial charge in [0.1, 0.15) is 25.4 Å². The normalized spacial score (nSPS) is 18.0. The van der Waals surface area contributed by atoms with Crippen LogP contribution in [0.4, 0.5) is 11.5 Å². The maximum absolute atomic E-state index is 7.80. The fourth-order valence-electron chi connectivity index (χ4n) is 2.37. The Morgan fingerprint density at radius 2 is 1.79 bits per heavy atom. The lowest BCUT2D eigenvalue weighted by Gasteiger charge is -2.15. The second kappa shape index (κ2) is 10.1. The number of nitrogens with one attached hydrogen (secondary N) is 1. The number of hydrogen-bond donors (Lipinski definition) is 1. The van der Waals surface area contributed by atoms with E-state index in [1.807, 2.05) is 0 Å². The van der Waals surface area contributed by atoms with Gasteiger partial charge in [0, 0.05) is 36.2 Å². The third-order valence-corrected chi connectivity index (χ3v) is 3.74. The maximum atomic E-state index is 7.80. The number of nitrogens with zero attached hydrogens (tertiary/aromatic N) is 2. The van der Waals surface area contributed by atoms with E-state index in [2.05, 4.69) is 24.8 Å². The Morgan fingerprint density at radius 3 is 2.50 bits per heavy atom. The number of rotatable bonds is 10. The molecule has 0 bridgehead atoms. The number of halogens is 1. The number of fused-ring (bicyclic) bond motifs is 1. The van der Waals surface area contributed by atoms with E-state index in [1.165, 1.54) is 18.5 Å². The summed E-state index contributed by atoms with van der Waals surface area (Å²) in [6.45, 7) is -7.26. The van der Waals surface area contributed by atoms with Crippen LogP contribution in [-0.2, 0) is 9.47 Å². The van der Waals surface area contributed by atoms with Crippen LogP contribution in [0.1, 0.15) is 13.7 Å². The highest BCUT2D eigenvalue weighted by atomic mass is 35.5. The lowest BCUT2D eigenvalue weighted by molar-refractivity contribution is 0.132. The van der Waals surface area contributed by atoms with Gasteiger partial charge in [-0.3, -0.25) is 0 Å². The largest absolute Gasteiger partial charge is 0.487 e. The average Bonchev–Trinajstić information content (AvgIpc) is 2.73. The van der Waals surface area contributed by atoms with Gasteiger partial charge in [-0.1, -0.05) is 17.7 Å². The summed E-state index contributed by atoms with van der Waals surface area (Å²) in [5.41, 5.74) is 0.892. The summed E-state index contributed by atoms with van der Waals surface area (Å²) in [6.07, 6.45) is 1.25. The van der Waals surface area contributed by atoms with E-state index in [0.717, 1.165) is 0 Å². The number of hydrogen-bond acceptors (Lipinski definition) is 7. The standard InChI is InChI=1S/C20H22ClN3O4/c1-25-6-8-27-18-11-16-17(12-19(18)28-9-7-26-2)22-13-23-20(16)24-15-5-3-4-14(21)10-15/h3-5,10-13H,6-9H2,1-2H3,(H,22,23,24)/i1D3,2D3,6D2,7D2. The van der Waals surface area contributed by atoms with Crippen LogP contribution in [0.5, 0.6) is 11.5 Å². The molecule has 1 N–H and O–H groups in total. The summed E-state index contributed by atoms with van der Waals surface area (Å²) in [5.74, 6) is -0.0202. The van der Waals surface area contributed by atoms with Crippen molar-refractivity contribution in [1.29, 1.82) is 0 Å². The molecule has 0 aliphatic rings. The van der Waals surface area contributed by atoms with Gasteiger partial charge in [0.15, 0.2) is 11.5 Å². The molecule has 0 fully saturated rings. The average molecular weight is 414 g/mol. The summed E-state index contributed by atoms with van der Waals surface area (Å²) in [6, 6.07) is 9.49. The zero-order chi connectivity index (χ0) is 28.4. The topological polar surface area (TPSA) is 74.7 Å². The molecule has 0 saturated heterocycles. The van der Waals surface area contributed by atoms with E-state index < -0.39 is 40.4 Å². The second-order valence-electron chi connectivity index (χ2n) is 5.24. The lowest BCUT2D eigenvalue weighted by Crippen LogP contribution is -2.09.